The van der Waals surface area contributed by atoms with E-state index in [9.17, 15) is 14.7 Å². The molecule has 3 rings (SSSR count). The third-order valence-electron chi connectivity index (χ3n) is 4.02. The van der Waals surface area contributed by atoms with Gasteiger partial charge >= 0.3 is 0 Å². The van der Waals surface area contributed by atoms with Crippen molar-refractivity contribution in [2.24, 2.45) is 7.05 Å². The zero-order chi connectivity index (χ0) is 17.8. The van der Waals surface area contributed by atoms with Crippen LogP contribution >= 0.6 is 0 Å². The number of nitrogens with one attached hydrogen (secondary N) is 2. The van der Waals surface area contributed by atoms with E-state index in [1.165, 1.54) is 0 Å². The molecule has 2 aromatic carbocycles. The number of nitrogens with zero attached hydrogens (tertiary/aromatic N) is 1. The maximum Gasteiger partial charge on any atom is 0.267 e. The van der Waals surface area contributed by atoms with Gasteiger partial charge in [0.15, 0.2) is 0 Å². The molecule has 3 N–H and O–H groups in total. The van der Waals surface area contributed by atoms with Crippen molar-refractivity contribution >= 4 is 22.6 Å². The third-order valence-corrected chi connectivity index (χ3v) is 4.02. The molecule has 0 unspecified atom stereocenters. The molecule has 128 valence electrons. The number of carbonyl (C=O) groups is 2. The number of carbonyl (C=O) groups excluding carboxylic acids is 2. The van der Waals surface area contributed by atoms with Crippen molar-refractivity contribution < 1.29 is 14.7 Å². The molecule has 3 aromatic rings. The zero-order valence-electron chi connectivity index (χ0n) is 13.8. The molecule has 0 radical (unpaired) electrons. The topological polar surface area (TPSA) is 83.4 Å². The smallest absolute Gasteiger partial charge is 0.267 e. The summed E-state index contributed by atoms with van der Waals surface area (Å²) in [4.78, 5) is 24.2. The molecule has 0 saturated heterocycles. The van der Waals surface area contributed by atoms with Crippen LogP contribution in [0.5, 0.6) is 5.75 Å². The molecule has 25 heavy (non-hydrogen) atoms. The number of phenolic OH excluding ortho intramolecular Hbond substituents is 1. The van der Waals surface area contributed by atoms with E-state index in [4.69, 9.17) is 0 Å². The zero-order valence-corrected chi connectivity index (χ0v) is 13.8. The number of fused-ring (bicyclic) bond motifs is 1. The van der Waals surface area contributed by atoms with Crippen molar-refractivity contribution in [3.8, 4) is 5.75 Å². The first kappa shape index (κ1) is 16.6. The van der Waals surface area contributed by atoms with Crippen LogP contribution in [0.3, 0.4) is 0 Å². The van der Waals surface area contributed by atoms with Crippen molar-refractivity contribution in [2.75, 3.05) is 13.1 Å². The normalized spacial score (nSPS) is 10.6. The molecule has 0 atom stereocenters. The Morgan fingerprint density at radius 3 is 2.40 bits per heavy atom. The minimum atomic E-state index is -0.378. The fourth-order valence-electron chi connectivity index (χ4n) is 2.67. The lowest BCUT2D eigenvalue weighted by atomic mass is 10.0. The van der Waals surface area contributed by atoms with E-state index in [-0.39, 0.29) is 29.7 Å². The van der Waals surface area contributed by atoms with E-state index in [0.717, 1.165) is 5.39 Å². The van der Waals surface area contributed by atoms with Crippen LogP contribution in [0.25, 0.3) is 10.8 Å². The predicted octanol–water partition coefficient (Wildman–Crippen LogP) is 2.04. The van der Waals surface area contributed by atoms with Gasteiger partial charge in [-0.1, -0.05) is 30.3 Å². The summed E-state index contributed by atoms with van der Waals surface area (Å²) in [5.41, 5.74) is 0.769. The average molecular weight is 337 g/mol. The third kappa shape index (κ3) is 3.47. The van der Waals surface area contributed by atoms with Crippen LogP contribution in [0.1, 0.15) is 20.8 Å². The molecular weight excluding hydrogens is 318 g/mol. The summed E-state index contributed by atoms with van der Waals surface area (Å²) < 4.78 is 1.72. The van der Waals surface area contributed by atoms with Gasteiger partial charge in [0.1, 0.15) is 11.4 Å². The van der Waals surface area contributed by atoms with E-state index in [2.05, 4.69) is 10.6 Å². The van der Waals surface area contributed by atoms with Gasteiger partial charge in [-0.3, -0.25) is 9.59 Å². The van der Waals surface area contributed by atoms with Gasteiger partial charge in [-0.15, -0.1) is 0 Å². The fourth-order valence-corrected chi connectivity index (χ4v) is 2.67. The molecule has 0 bridgehead atoms. The Kier molecular flexibility index (Phi) is 4.70. The van der Waals surface area contributed by atoms with Gasteiger partial charge in [-0.2, -0.15) is 0 Å². The second kappa shape index (κ2) is 7.09. The van der Waals surface area contributed by atoms with Crippen LogP contribution in [0.2, 0.25) is 0 Å². The molecule has 0 spiro atoms. The largest absolute Gasteiger partial charge is 0.506 e. The van der Waals surface area contributed by atoms with Gasteiger partial charge < -0.3 is 20.3 Å². The summed E-state index contributed by atoms with van der Waals surface area (Å²) in [7, 11) is 1.79. The minimum absolute atomic E-state index is 0.0385. The number of rotatable bonds is 5. The van der Waals surface area contributed by atoms with Gasteiger partial charge in [-0.25, -0.2) is 0 Å². The first-order valence-corrected chi connectivity index (χ1v) is 7.96. The summed E-state index contributed by atoms with van der Waals surface area (Å²) in [5, 5.41) is 17.2. The van der Waals surface area contributed by atoms with Gasteiger partial charge in [0.2, 0.25) is 0 Å². The highest BCUT2D eigenvalue weighted by molar-refractivity contribution is 6.03. The number of amides is 2. The Balaban J connectivity index is 1.57. The van der Waals surface area contributed by atoms with E-state index < -0.39 is 0 Å². The molecule has 0 saturated carbocycles. The Hall–Kier alpha value is -3.28. The second-order valence-corrected chi connectivity index (χ2v) is 5.70. The Labute approximate surface area is 145 Å². The first-order chi connectivity index (χ1) is 12.1. The van der Waals surface area contributed by atoms with E-state index in [1.54, 1.807) is 48.1 Å². The lowest BCUT2D eigenvalue weighted by Crippen LogP contribution is -2.35. The number of aromatic hydroxyl groups is 1. The van der Waals surface area contributed by atoms with Crippen LogP contribution in [0.4, 0.5) is 0 Å². The van der Waals surface area contributed by atoms with Crippen LogP contribution in [0, 0.1) is 0 Å². The highest BCUT2D eigenvalue weighted by Crippen LogP contribution is 2.28. The Bertz CT molecular complexity index is 931. The minimum Gasteiger partial charge on any atom is -0.506 e. The monoisotopic (exact) mass is 337 g/mol. The van der Waals surface area contributed by atoms with Gasteiger partial charge in [0, 0.05) is 31.7 Å². The highest BCUT2D eigenvalue weighted by atomic mass is 16.3. The average Bonchev–Trinajstić information content (AvgIpc) is 3.05. The molecule has 0 aliphatic heterocycles. The van der Waals surface area contributed by atoms with Crippen molar-refractivity contribution in [3.05, 3.63) is 66.0 Å². The molecular formula is C19H19N3O3. The number of hydrogen-bond donors (Lipinski definition) is 3. The first-order valence-electron chi connectivity index (χ1n) is 7.96. The number of aryl methyl sites for hydroxylation is 1. The SMILES string of the molecule is Cn1cccc1C(=O)NCCNC(=O)c1ccc2ccccc2c1O. The summed E-state index contributed by atoms with van der Waals surface area (Å²) in [6.45, 7) is 0.561. The predicted molar refractivity (Wildman–Crippen MR) is 95.7 cm³/mol. The Morgan fingerprint density at radius 1 is 0.960 bits per heavy atom. The van der Waals surface area contributed by atoms with Crippen LogP contribution in [-0.4, -0.2) is 34.6 Å². The summed E-state index contributed by atoms with van der Waals surface area (Å²) >= 11 is 0. The molecule has 1 aromatic heterocycles. The molecule has 0 aliphatic carbocycles. The van der Waals surface area contributed by atoms with Crippen LogP contribution < -0.4 is 10.6 Å². The van der Waals surface area contributed by atoms with Crippen molar-refractivity contribution in [2.45, 2.75) is 0 Å². The van der Waals surface area contributed by atoms with Crippen molar-refractivity contribution in [1.29, 1.82) is 0 Å². The van der Waals surface area contributed by atoms with Crippen LogP contribution in [-0.2, 0) is 7.05 Å². The number of aromatic nitrogens is 1. The molecule has 2 amide bonds. The molecule has 0 aliphatic rings. The molecule has 1 heterocycles. The van der Waals surface area contributed by atoms with Crippen molar-refractivity contribution in [1.82, 2.24) is 15.2 Å². The second-order valence-electron chi connectivity index (χ2n) is 5.70. The van der Waals surface area contributed by atoms with Gasteiger partial charge in [0.25, 0.3) is 11.8 Å². The quantitative estimate of drug-likeness (QED) is 0.623. The molecule has 6 nitrogen and oxygen atoms in total. The maximum absolute atomic E-state index is 12.2. The number of hydrogen-bond acceptors (Lipinski definition) is 3. The molecule has 6 heteroatoms. The number of benzene rings is 2. The van der Waals surface area contributed by atoms with E-state index in [1.807, 2.05) is 18.2 Å². The number of phenols is 1. The summed E-state index contributed by atoms with van der Waals surface area (Å²) in [5.74, 6) is -0.616. The van der Waals surface area contributed by atoms with Gasteiger partial charge in [0.05, 0.1) is 5.56 Å². The van der Waals surface area contributed by atoms with E-state index >= 15 is 0 Å². The lowest BCUT2D eigenvalue weighted by molar-refractivity contribution is 0.0922. The van der Waals surface area contributed by atoms with E-state index in [0.29, 0.717) is 17.6 Å². The lowest BCUT2D eigenvalue weighted by Gasteiger charge is -2.10. The highest BCUT2D eigenvalue weighted by Gasteiger charge is 2.13. The summed E-state index contributed by atoms with van der Waals surface area (Å²) in [6.07, 6.45) is 1.79. The standard InChI is InChI=1S/C19H19N3O3/c1-22-12-4-7-16(22)19(25)21-11-10-20-18(24)15-9-8-13-5-2-3-6-14(13)17(15)23/h2-9,12,23H,10-11H2,1H3,(H,20,24)(H,21,25). The summed E-state index contributed by atoms with van der Waals surface area (Å²) in [6, 6.07) is 14.2. The molecule has 0 fully saturated rings. The van der Waals surface area contributed by atoms with Crippen LogP contribution in [0.15, 0.2) is 54.7 Å². The van der Waals surface area contributed by atoms with Crippen molar-refractivity contribution in [3.63, 3.8) is 0 Å². The maximum atomic E-state index is 12.2. The van der Waals surface area contributed by atoms with Gasteiger partial charge in [-0.05, 0) is 23.6 Å². The Morgan fingerprint density at radius 2 is 1.68 bits per heavy atom. The fraction of sp³-hybridized carbons (Fsp3) is 0.158.